The Bertz CT molecular complexity index is 453. The Balaban J connectivity index is 2.14. The van der Waals surface area contributed by atoms with Crippen LogP contribution in [0.2, 0.25) is 0 Å². The summed E-state index contributed by atoms with van der Waals surface area (Å²) in [5, 5.41) is 6.48. The van der Waals surface area contributed by atoms with Gasteiger partial charge >= 0.3 is 0 Å². The summed E-state index contributed by atoms with van der Waals surface area (Å²) in [7, 11) is 0. The summed E-state index contributed by atoms with van der Waals surface area (Å²) in [5.74, 6) is 0.00924. The van der Waals surface area contributed by atoms with E-state index in [1.165, 1.54) is 0 Å². The standard InChI is InChI=1S/C14H19BrN2O/c1-10-3-4-12(15)11(9-10)13(18)17-14(2)5-7-16-8-6-14/h3-4,9,16H,5-8H2,1-2H3,(H,17,18). The van der Waals surface area contributed by atoms with Crippen LogP contribution in [0, 0.1) is 6.92 Å². The van der Waals surface area contributed by atoms with E-state index in [1.807, 2.05) is 25.1 Å². The van der Waals surface area contributed by atoms with Crippen LogP contribution < -0.4 is 10.6 Å². The van der Waals surface area contributed by atoms with Gasteiger partial charge in [0.05, 0.1) is 5.56 Å². The molecule has 3 nitrogen and oxygen atoms in total. The van der Waals surface area contributed by atoms with Gasteiger partial charge in [0, 0.05) is 10.0 Å². The lowest BCUT2D eigenvalue weighted by molar-refractivity contribution is 0.0886. The topological polar surface area (TPSA) is 41.1 Å². The van der Waals surface area contributed by atoms with Gasteiger partial charge in [-0.05, 0) is 67.8 Å². The van der Waals surface area contributed by atoms with Crippen molar-refractivity contribution in [3.63, 3.8) is 0 Å². The van der Waals surface area contributed by atoms with E-state index in [0.29, 0.717) is 0 Å². The van der Waals surface area contributed by atoms with Crippen molar-refractivity contribution in [2.24, 2.45) is 0 Å². The second kappa shape index (κ2) is 5.41. The molecule has 1 saturated heterocycles. The molecule has 1 aliphatic rings. The molecule has 2 N–H and O–H groups in total. The van der Waals surface area contributed by atoms with Crippen LogP contribution in [0.3, 0.4) is 0 Å². The molecule has 18 heavy (non-hydrogen) atoms. The fraction of sp³-hybridized carbons (Fsp3) is 0.500. The summed E-state index contributed by atoms with van der Waals surface area (Å²) >= 11 is 3.44. The number of piperidine rings is 1. The number of rotatable bonds is 2. The van der Waals surface area contributed by atoms with E-state index < -0.39 is 0 Å². The first-order chi connectivity index (χ1) is 8.50. The van der Waals surface area contributed by atoms with E-state index in [9.17, 15) is 4.79 Å². The van der Waals surface area contributed by atoms with Crippen LogP contribution in [-0.2, 0) is 0 Å². The van der Waals surface area contributed by atoms with Crippen molar-refractivity contribution in [1.29, 1.82) is 0 Å². The zero-order valence-corrected chi connectivity index (χ0v) is 12.4. The van der Waals surface area contributed by atoms with Gasteiger partial charge in [-0.15, -0.1) is 0 Å². The Morgan fingerprint density at radius 1 is 1.39 bits per heavy atom. The molecule has 0 saturated carbocycles. The summed E-state index contributed by atoms with van der Waals surface area (Å²) < 4.78 is 0.850. The molecule has 0 atom stereocenters. The molecule has 1 fully saturated rings. The Kier molecular flexibility index (Phi) is 4.07. The van der Waals surface area contributed by atoms with Crippen LogP contribution >= 0.6 is 15.9 Å². The molecule has 0 spiro atoms. The molecule has 0 unspecified atom stereocenters. The molecule has 0 radical (unpaired) electrons. The summed E-state index contributed by atoms with van der Waals surface area (Å²) in [6.45, 7) is 6.04. The third-order valence-electron chi connectivity index (χ3n) is 3.49. The minimum absolute atomic E-state index is 0.00924. The molecule has 4 heteroatoms. The van der Waals surface area contributed by atoms with Crippen LogP contribution in [0.1, 0.15) is 35.7 Å². The van der Waals surface area contributed by atoms with Crippen molar-refractivity contribution in [2.45, 2.75) is 32.2 Å². The summed E-state index contributed by atoms with van der Waals surface area (Å²) in [4.78, 5) is 12.3. The third kappa shape index (κ3) is 3.12. The molecule has 98 valence electrons. The minimum Gasteiger partial charge on any atom is -0.347 e. The molecule has 1 aromatic carbocycles. The van der Waals surface area contributed by atoms with Gasteiger partial charge in [-0.25, -0.2) is 0 Å². The second-order valence-electron chi connectivity index (χ2n) is 5.25. The van der Waals surface area contributed by atoms with Crippen molar-refractivity contribution in [3.8, 4) is 0 Å². The number of hydrogen-bond acceptors (Lipinski definition) is 2. The van der Waals surface area contributed by atoms with Crippen LogP contribution in [0.4, 0.5) is 0 Å². The van der Waals surface area contributed by atoms with Gasteiger partial charge < -0.3 is 10.6 Å². The quantitative estimate of drug-likeness (QED) is 0.881. The lowest BCUT2D eigenvalue weighted by atomic mass is 9.90. The maximum Gasteiger partial charge on any atom is 0.252 e. The molecule has 0 aromatic heterocycles. The van der Waals surface area contributed by atoms with Crippen molar-refractivity contribution in [2.75, 3.05) is 13.1 Å². The van der Waals surface area contributed by atoms with Gasteiger partial charge in [0.1, 0.15) is 0 Å². The molecule has 2 rings (SSSR count). The highest BCUT2D eigenvalue weighted by Crippen LogP contribution is 2.22. The second-order valence-corrected chi connectivity index (χ2v) is 6.10. The predicted molar refractivity (Wildman–Crippen MR) is 76.9 cm³/mol. The summed E-state index contributed by atoms with van der Waals surface area (Å²) in [6, 6.07) is 5.84. The SMILES string of the molecule is Cc1ccc(Br)c(C(=O)NC2(C)CCNCC2)c1. The van der Waals surface area contributed by atoms with E-state index in [4.69, 9.17) is 0 Å². The largest absolute Gasteiger partial charge is 0.347 e. The fourth-order valence-electron chi connectivity index (χ4n) is 2.26. The first-order valence-corrected chi connectivity index (χ1v) is 7.09. The van der Waals surface area contributed by atoms with Gasteiger partial charge in [0.15, 0.2) is 0 Å². The van der Waals surface area contributed by atoms with Crippen molar-refractivity contribution in [1.82, 2.24) is 10.6 Å². The Hall–Kier alpha value is -0.870. The van der Waals surface area contributed by atoms with Crippen molar-refractivity contribution < 1.29 is 4.79 Å². The van der Waals surface area contributed by atoms with Gasteiger partial charge in [-0.2, -0.15) is 0 Å². The lowest BCUT2D eigenvalue weighted by Gasteiger charge is -2.35. The molecular weight excluding hydrogens is 292 g/mol. The molecule has 0 aliphatic carbocycles. The molecule has 1 aliphatic heterocycles. The normalized spacial score (nSPS) is 18.4. The predicted octanol–water partition coefficient (Wildman–Crippen LogP) is 2.63. The molecule has 1 amide bonds. The van der Waals surface area contributed by atoms with Gasteiger partial charge in [-0.3, -0.25) is 4.79 Å². The molecule has 1 aromatic rings. The number of aryl methyl sites for hydroxylation is 1. The number of benzene rings is 1. The lowest BCUT2D eigenvalue weighted by Crippen LogP contribution is -2.52. The summed E-state index contributed by atoms with van der Waals surface area (Å²) in [6.07, 6.45) is 1.95. The van der Waals surface area contributed by atoms with Gasteiger partial charge in [-0.1, -0.05) is 11.6 Å². The average Bonchev–Trinajstić information content (AvgIpc) is 2.32. The average molecular weight is 311 g/mol. The zero-order chi connectivity index (χ0) is 13.2. The smallest absolute Gasteiger partial charge is 0.252 e. The van der Waals surface area contributed by atoms with Crippen LogP contribution in [0.25, 0.3) is 0 Å². The number of halogens is 1. The van der Waals surface area contributed by atoms with E-state index in [-0.39, 0.29) is 11.4 Å². The van der Waals surface area contributed by atoms with Crippen LogP contribution in [-0.4, -0.2) is 24.5 Å². The number of carbonyl (C=O) groups is 1. The number of carbonyl (C=O) groups excluding carboxylic acids is 1. The maximum atomic E-state index is 12.3. The Labute approximate surface area is 116 Å². The third-order valence-corrected chi connectivity index (χ3v) is 4.18. The van der Waals surface area contributed by atoms with Gasteiger partial charge in [0.2, 0.25) is 0 Å². The minimum atomic E-state index is -0.0917. The van der Waals surface area contributed by atoms with Crippen LogP contribution in [0.5, 0.6) is 0 Å². The molecular formula is C14H19BrN2O. The van der Waals surface area contributed by atoms with E-state index in [1.54, 1.807) is 0 Å². The van der Waals surface area contributed by atoms with E-state index in [0.717, 1.165) is 41.5 Å². The number of amides is 1. The first kappa shape index (κ1) is 13.6. The highest BCUT2D eigenvalue weighted by molar-refractivity contribution is 9.10. The van der Waals surface area contributed by atoms with Crippen molar-refractivity contribution >= 4 is 21.8 Å². The van der Waals surface area contributed by atoms with Gasteiger partial charge in [0.25, 0.3) is 5.91 Å². The molecule has 0 bridgehead atoms. The Morgan fingerprint density at radius 3 is 2.72 bits per heavy atom. The van der Waals surface area contributed by atoms with Crippen molar-refractivity contribution in [3.05, 3.63) is 33.8 Å². The maximum absolute atomic E-state index is 12.3. The first-order valence-electron chi connectivity index (χ1n) is 6.30. The number of nitrogens with one attached hydrogen (secondary N) is 2. The summed E-state index contributed by atoms with van der Waals surface area (Å²) in [5.41, 5.74) is 1.72. The highest BCUT2D eigenvalue weighted by atomic mass is 79.9. The fourth-order valence-corrected chi connectivity index (χ4v) is 2.68. The van der Waals surface area contributed by atoms with Crippen LogP contribution in [0.15, 0.2) is 22.7 Å². The van der Waals surface area contributed by atoms with E-state index >= 15 is 0 Å². The number of hydrogen-bond donors (Lipinski definition) is 2. The van der Waals surface area contributed by atoms with E-state index in [2.05, 4.69) is 33.5 Å². The molecule has 1 heterocycles. The highest BCUT2D eigenvalue weighted by Gasteiger charge is 2.29. The zero-order valence-electron chi connectivity index (χ0n) is 10.8. The monoisotopic (exact) mass is 310 g/mol. The Morgan fingerprint density at radius 2 is 2.06 bits per heavy atom.